The van der Waals surface area contributed by atoms with Gasteiger partial charge in [0.05, 0.1) is 31.7 Å². The fourth-order valence-corrected chi connectivity index (χ4v) is 5.35. The molecule has 2 atom stereocenters. The first-order valence-electron chi connectivity index (χ1n) is 14.0. The molecule has 2 aromatic rings. The summed E-state index contributed by atoms with van der Waals surface area (Å²) in [5, 5.41) is 2.48. The molecule has 42 heavy (non-hydrogen) atoms. The summed E-state index contributed by atoms with van der Waals surface area (Å²) >= 11 is 0. The normalized spacial score (nSPS) is 17.9. The summed E-state index contributed by atoms with van der Waals surface area (Å²) < 4.78 is 28.6. The van der Waals surface area contributed by atoms with Crippen LogP contribution >= 0.6 is 7.60 Å². The zero-order chi connectivity index (χ0) is 30.1. The molecule has 2 saturated heterocycles. The number of ether oxygens (including phenoxy) is 3. The van der Waals surface area contributed by atoms with Crippen molar-refractivity contribution in [3.05, 3.63) is 48.2 Å². The third-order valence-corrected chi connectivity index (χ3v) is 7.73. The lowest BCUT2D eigenvalue weighted by atomic mass is 10.1. The Hall–Kier alpha value is -3.51. The number of pyridine rings is 1. The van der Waals surface area contributed by atoms with Crippen LogP contribution in [0.3, 0.4) is 0 Å². The number of rotatable bonds is 11. The fourth-order valence-electron chi connectivity index (χ4n) is 4.63. The van der Waals surface area contributed by atoms with Crippen LogP contribution in [0.1, 0.15) is 36.7 Å². The Balaban J connectivity index is 1.49. The van der Waals surface area contributed by atoms with E-state index in [2.05, 4.69) is 10.3 Å². The smallest absolute Gasteiger partial charge is 0.409 e. The van der Waals surface area contributed by atoms with E-state index in [1.54, 1.807) is 6.07 Å². The summed E-state index contributed by atoms with van der Waals surface area (Å²) in [5.74, 6) is -1.07. The van der Waals surface area contributed by atoms with Gasteiger partial charge in [0.2, 0.25) is 5.91 Å². The van der Waals surface area contributed by atoms with Crippen LogP contribution in [0.15, 0.2) is 42.5 Å². The van der Waals surface area contributed by atoms with E-state index < -0.39 is 37.7 Å². The van der Waals surface area contributed by atoms with Crippen LogP contribution in [0.2, 0.25) is 0 Å². The highest BCUT2D eigenvalue weighted by Crippen LogP contribution is 2.35. The molecule has 1 aromatic heterocycles. The van der Waals surface area contributed by atoms with Crippen molar-refractivity contribution in [3.8, 4) is 17.0 Å². The maximum atomic E-state index is 13.4. The first kappa shape index (κ1) is 31.4. The Morgan fingerprint density at radius 3 is 2.48 bits per heavy atom. The Bertz CT molecular complexity index is 1280. The summed E-state index contributed by atoms with van der Waals surface area (Å²) in [6, 6.07) is 10.8. The molecular weight excluding hydrogens is 567 g/mol. The van der Waals surface area contributed by atoms with Crippen LogP contribution in [0.4, 0.5) is 4.79 Å². The Morgan fingerprint density at radius 1 is 1.12 bits per heavy atom. The van der Waals surface area contributed by atoms with Gasteiger partial charge in [0.1, 0.15) is 23.6 Å². The van der Waals surface area contributed by atoms with Crippen molar-refractivity contribution in [1.82, 2.24) is 20.1 Å². The topological polar surface area (TPSA) is 168 Å². The van der Waals surface area contributed by atoms with Crippen molar-refractivity contribution >= 4 is 25.5 Å². The van der Waals surface area contributed by atoms with Gasteiger partial charge in [0.15, 0.2) is 0 Å². The fraction of sp³-hybridized carbons (Fsp3) is 0.500. The monoisotopic (exact) mass is 604 g/mol. The molecule has 0 radical (unpaired) electrons. The maximum Gasteiger partial charge on any atom is 0.409 e. The molecule has 3 N–H and O–H groups in total. The molecule has 228 valence electrons. The molecule has 13 nitrogen and oxygen atoms in total. The molecule has 1 aromatic carbocycles. The zero-order valence-corrected chi connectivity index (χ0v) is 24.4. The lowest BCUT2D eigenvalue weighted by Gasteiger charge is -2.36. The predicted octanol–water partition coefficient (Wildman–Crippen LogP) is 2.27. The van der Waals surface area contributed by atoms with Crippen molar-refractivity contribution < 1.29 is 42.9 Å². The van der Waals surface area contributed by atoms with Crippen molar-refractivity contribution in [2.45, 2.75) is 38.3 Å². The SMILES string of the molecule is CCCCOC(=O)N1CCN(C(=O)C(CP(=O)(O)O)NC(=O)c2cc(O[C@@H]3CCOC3)cc(-c3ccccc3)n2)CC1. The molecule has 4 rings (SSSR count). The van der Waals surface area contributed by atoms with E-state index in [9.17, 15) is 28.7 Å². The van der Waals surface area contributed by atoms with E-state index in [4.69, 9.17) is 14.2 Å². The van der Waals surface area contributed by atoms with E-state index in [-0.39, 0.29) is 38.0 Å². The van der Waals surface area contributed by atoms with E-state index in [0.717, 1.165) is 18.4 Å². The van der Waals surface area contributed by atoms with Gasteiger partial charge in [0.25, 0.3) is 5.91 Å². The highest BCUT2D eigenvalue weighted by Gasteiger charge is 2.35. The molecule has 0 bridgehead atoms. The second kappa shape index (κ2) is 14.6. The number of unbranched alkanes of at least 4 members (excludes halogenated alkanes) is 1. The number of hydrogen-bond acceptors (Lipinski definition) is 8. The Labute approximate surface area is 244 Å². The van der Waals surface area contributed by atoms with E-state index in [1.807, 2.05) is 37.3 Å². The van der Waals surface area contributed by atoms with E-state index >= 15 is 0 Å². The number of amides is 3. The van der Waals surface area contributed by atoms with Gasteiger partial charge in [-0.15, -0.1) is 0 Å². The Morgan fingerprint density at radius 2 is 1.83 bits per heavy atom. The van der Waals surface area contributed by atoms with Gasteiger partial charge in [-0.1, -0.05) is 43.7 Å². The van der Waals surface area contributed by atoms with Crippen LogP contribution < -0.4 is 10.1 Å². The molecule has 2 aliphatic rings. The average molecular weight is 605 g/mol. The van der Waals surface area contributed by atoms with E-state index in [1.165, 1.54) is 15.9 Å². The molecular formula is C28H37N4O9P. The molecule has 2 aliphatic heterocycles. The summed E-state index contributed by atoms with van der Waals surface area (Å²) in [6.45, 7) is 3.91. The number of aromatic nitrogens is 1. The number of piperazine rings is 1. The zero-order valence-electron chi connectivity index (χ0n) is 23.5. The summed E-state index contributed by atoms with van der Waals surface area (Å²) in [4.78, 5) is 65.8. The van der Waals surface area contributed by atoms with Crippen LogP contribution in [-0.4, -0.2) is 107 Å². The number of benzene rings is 1. The molecule has 1 unspecified atom stereocenters. The number of nitrogens with zero attached hydrogens (tertiary/aromatic N) is 3. The van der Waals surface area contributed by atoms with Crippen molar-refractivity contribution in [1.29, 1.82) is 0 Å². The van der Waals surface area contributed by atoms with Gasteiger partial charge < -0.3 is 39.1 Å². The quantitative estimate of drug-likeness (QED) is 0.256. The number of carbonyl (C=O) groups is 3. The van der Waals surface area contributed by atoms with Gasteiger partial charge in [-0.25, -0.2) is 9.78 Å². The Kier molecular flexibility index (Phi) is 10.9. The lowest BCUT2D eigenvalue weighted by Crippen LogP contribution is -2.56. The lowest BCUT2D eigenvalue weighted by molar-refractivity contribution is -0.134. The van der Waals surface area contributed by atoms with Crippen LogP contribution in [0, 0.1) is 0 Å². The third-order valence-electron chi connectivity index (χ3n) is 6.89. The van der Waals surface area contributed by atoms with Gasteiger partial charge >= 0.3 is 13.7 Å². The molecule has 3 amide bonds. The second-order valence-corrected chi connectivity index (χ2v) is 11.9. The van der Waals surface area contributed by atoms with Crippen molar-refractivity contribution in [2.24, 2.45) is 0 Å². The van der Waals surface area contributed by atoms with Gasteiger partial charge in [-0.2, -0.15) is 0 Å². The summed E-state index contributed by atoms with van der Waals surface area (Å²) in [5.41, 5.74) is 1.11. The molecule has 0 saturated carbocycles. The van der Waals surface area contributed by atoms with Crippen LogP contribution in [-0.2, 0) is 18.8 Å². The molecule has 3 heterocycles. The minimum atomic E-state index is -4.71. The van der Waals surface area contributed by atoms with Crippen LogP contribution in [0.5, 0.6) is 5.75 Å². The maximum absolute atomic E-state index is 13.4. The highest BCUT2D eigenvalue weighted by atomic mass is 31.2. The first-order valence-corrected chi connectivity index (χ1v) is 15.8. The molecule has 2 fully saturated rings. The average Bonchev–Trinajstić information content (AvgIpc) is 3.49. The molecule has 14 heteroatoms. The standard InChI is InChI=1S/C28H37N4O9P/c1-2-3-14-40-28(35)32-12-10-31(11-13-32)27(34)25(19-42(36,37)38)30-26(33)24-17-22(41-21-9-15-39-18-21)16-23(29-24)20-7-5-4-6-8-20/h4-8,16-17,21,25H,2-3,9-15,18-19H2,1H3,(H,30,33)(H2,36,37,38)/t21-,25?/m1/s1. The van der Waals surface area contributed by atoms with E-state index in [0.29, 0.717) is 37.7 Å². The highest BCUT2D eigenvalue weighted by molar-refractivity contribution is 7.51. The number of carbonyl (C=O) groups excluding carboxylic acids is 3. The number of hydrogen-bond donors (Lipinski definition) is 3. The minimum Gasteiger partial charge on any atom is -0.488 e. The third kappa shape index (κ3) is 8.99. The van der Waals surface area contributed by atoms with Gasteiger partial charge in [-0.3, -0.25) is 14.2 Å². The van der Waals surface area contributed by atoms with Gasteiger partial charge in [-0.05, 0) is 6.42 Å². The number of nitrogens with one attached hydrogen (secondary N) is 1. The molecule has 0 aliphatic carbocycles. The summed E-state index contributed by atoms with van der Waals surface area (Å²) in [7, 11) is -4.71. The minimum absolute atomic E-state index is 0.0755. The van der Waals surface area contributed by atoms with Crippen molar-refractivity contribution in [3.63, 3.8) is 0 Å². The molecule has 0 spiro atoms. The van der Waals surface area contributed by atoms with Crippen molar-refractivity contribution in [2.75, 3.05) is 52.2 Å². The first-order chi connectivity index (χ1) is 20.1. The predicted molar refractivity (Wildman–Crippen MR) is 152 cm³/mol. The van der Waals surface area contributed by atoms with Crippen LogP contribution in [0.25, 0.3) is 11.3 Å². The van der Waals surface area contributed by atoms with Gasteiger partial charge in [0, 0.05) is 50.3 Å². The largest absolute Gasteiger partial charge is 0.488 e. The summed E-state index contributed by atoms with van der Waals surface area (Å²) in [6.07, 6.45) is 0.767. The second-order valence-electron chi connectivity index (χ2n) is 10.2.